The third-order valence-corrected chi connectivity index (χ3v) is 3.05. The van der Waals surface area contributed by atoms with Gasteiger partial charge in [0.2, 0.25) is 5.91 Å². The summed E-state index contributed by atoms with van der Waals surface area (Å²) in [4.78, 5) is 13.1. The Morgan fingerprint density at radius 2 is 2.17 bits per heavy atom. The first-order valence-corrected chi connectivity index (χ1v) is 4.92. The van der Waals surface area contributed by atoms with Crippen LogP contribution in [0.2, 0.25) is 0 Å². The first-order valence-electron chi connectivity index (χ1n) is 4.00. The van der Waals surface area contributed by atoms with E-state index in [0.29, 0.717) is 12.5 Å². The summed E-state index contributed by atoms with van der Waals surface area (Å²) in [6.45, 7) is 8.21. The quantitative estimate of drug-likeness (QED) is 0.538. The number of halogens is 1. The molecule has 0 saturated carbocycles. The minimum absolute atomic E-state index is 0.0811. The van der Waals surface area contributed by atoms with E-state index in [4.69, 9.17) is 0 Å². The Labute approximate surface area is 82.8 Å². The van der Waals surface area contributed by atoms with Gasteiger partial charge in [-0.3, -0.25) is 4.79 Å². The monoisotopic (exact) mass is 233 g/mol. The molecule has 0 N–H and O–H groups in total. The Morgan fingerprint density at radius 1 is 1.67 bits per heavy atom. The Bertz CT molecular complexity index is 168. The van der Waals surface area contributed by atoms with Crippen LogP contribution < -0.4 is 0 Å². The highest BCUT2D eigenvalue weighted by atomic mass is 79.9. The smallest absolute Gasteiger partial charge is 0.236 e. The molecule has 1 amide bonds. The summed E-state index contributed by atoms with van der Waals surface area (Å²) < 4.78 is 0. The maximum Gasteiger partial charge on any atom is 0.236 e. The van der Waals surface area contributed by atoms with Crippen molar-refractivity contribution in [3.05, 3.63) is 12.7 Å². The molecule has 0 bridgehead atoms. The van der Waals surface area contributed by atoms with Crippen LogP contribution in [-0.2, 0) is 4.79 Å². The highest BCUT2D eigenvalue weighted by Gasteiger charge is 2.21. The fraction of sp³-hybridized carbons (Fsp3) is 0.667. The van der Waals surface area contributed by atoms with E-state index in [1.165, 1.54) is 0 Å². The van der Waals surface area contributed by atoms with Crippen LogP contribution in [-0.4, -0.2) is 29.2 Å². The van der Waals surface area contributed by atoms with Crippen LogP contribution in [0.15, 0.2) is 12.7 Å². The molecule has 12 heavy (non-hydrogen) atoms. The number of likely N-dealkylation sites (N-methyl/N-ethyl adjacent to an activating group) is 1. The lowest BCUT2D eigenvalue weighted by atomic mass is 10.1. The summed E-state index contributed by atoms with van der Waals surface area (Å²) in [6.07, 6.45) is 1.72. The van der Waals surface area contributed by atoms with Crippen LogP contribution >= 0.6 is 15.9 Å². The Balaban J connectivity index is 4.08. The zero-order chi connectivity index (χ0) is 9.72. The third-order valence-electron chi connectivity index (χ3n) is 1.60. The zero-order valence-electron chi connectivity index (χ0n) is 7.88. The summed E-state index contributed by atoms with van der Waals surface area (Å²) in [5.41, 5.74) is 0. The molecule has 0 aliphatic carbocycles. The second kappa shape index (κ2) is 5.36. The Hall–Kier alpha value is -0.310. The second-order valence-electron chi connectivity index (χ2n) is 3.15. The number of amides is 1. The van der Waals surface area contributed by atoms with E-state index < -0.39 is 0 Å². The second-order valence-corrected chi connectivity index (χ2v) is 4.14. The van der Waals surface area contributed by atoms with Crippen molar-refractivity contribution in [2.24, 2.45) is 5.92 Å². The van der Waals surface area contributed by atoms with Crippen molar-refractivity contribution in [1.82, 2.24) is 4.90 Å². The van der Waals surface area contributed by atoms with Gasteiger partial charge in [0.15, 0.2) is 0 Å². The molecule has 70 valence electrons. The molecule has 0 aliphatic rings. The molecule has 0 radical (unpaired) electrons. The van der Waals surface area contributed by atoms with Gasteiger partial charge in [-0.05, 0) is 5.92 Å². The highest BCUT2D eigenvalue weighted by Crippen LogP contribution is 2.14. The van der Waals surface area contributed by atoms with Crippen molar-refractivity contribution in [3.8, 4) is 0 Å². The molecule has 2 nitrogen and oxygen atoms in total. The molecule has 3 heteroatoms. The zero-order valence-corrected chi connectivity index (χ0v) is 9.47. The molecule has 0 spiro atoms. The lowest BCUT2D eigenvalue weighted by Gasteiger charge is -2.20. The molecule has 0 heterocycles. The largest absolute Gasteiger partial charge is 0.341 e. The van der Waals surface area contributed by atoms with E-state index in [0.717, 1.165) is 0 Å². The van der Waals surface area contributed by atoms with E-state index in [2.05, 4.69) is 22.5 Å². The van der Waals surface area contributed by atoms with Crippen LogP contribution in [0.4, 0.5) is 0 Å². The number of alkyl halides is 1. The standard InChI is InChI=1S/C9H16BrNO/c1-5-6-11(4)9(12)8(10)7(2)3/h5,7-8H,1,6H2,2-4H3. The minimum atomic E-state index is -0.0811. The highest BCUT2D eigenvalue weighted by molar-refractivity contribution is 9.10. The molecular weight excluding hydrogens is 218 g/mol. The van der Waals surface area contributed by atoms with Crippen LogP contribution in [0.25, 0.3) is 0 Å². The van der Waals surface area contributed by atoms with Crippen molar-refractivity contribution >= 4 is 21.8 Å². The van der Waals surface area contributed by atoms with Gasteiger partial charge in [0, 0.05) is 13.6 Å². The summed E-state index contributed by atoms with van der Waals surface area (Å²) in [5.74, 6) is 0.440. The van der Waals surface area contributed by atoms with Gasteiger partial charge in [0.05, 0.1) is 4.83 Å². The SMILES string of the molecule is C=CCN(C)C(=O)C(Br)C(C)C. The van der Waals surface area contributed by atoms with Gasteiger partial charge in [-0.2, -0.15) is 0 Å². The lowest BCUT2D eigenvalue weighted by Crippen LogP contribution is -2.35. The van der Waals surface area contributed by atoms with Crippen LogP contribution in [0.1, 0.15) is 13.8 Å². The van der Waals surface area contributed by atoms with E-state index >= 15 is 0 Å². The van der Waals surface area contributed by atoms with Crippen LogP contribution in [0.5, 0.6) is 0 Å². The average molecular weight is 234 g/mol. The first-order chi connectivity index (χ1) is 5.50. The minimum Gasteiger partial charge on any atom is -0.341 e. The van der Waals surface area contributed by atoms with Crippen molar-refractivity contribution in [2.75, 3.05) is 13.6 Å². The van der Waals surface area contributed by atoms with Crippen molar-refractivity contribution in [3.63, 3.8) is 0 Å². The fourth-order valence-electron chi connectivity index (χ4n) is 0.779. The van der Waals surface area contributed by atoms with Gasteiger partial charge in [-0.15, -0.1) is 6.58 Å². The molecule has 0 aliphatic heterocycles. The first kappa shape index (κ1) is 11.7. The third kappa shape index (κ3) is 3.39. The molecule has 0 aromatic heterocycles. The van der Waals surface area contributed by atoms with E-state index in [1.54, 1.807) is 18.0 Å². The van der Waals surface area contributed by atoms with E-state index in [1.807, 2.05) is 13.8 Å². The number of hydrogen-bond donors (Lipinski definition) is 0. The molecule has 0 fully saturated rings. The molecule has 1 unspecified atom stereocenters. The van der Waals surface area contributed by atoms with Crippen LogP contribution in [0, 0.1) is 5.92 Å². The fourth-order valence-corrected chi connectivity index (χ4v) is 1.13. The van der Waals surface area contributed by atoms with Crippen molar-refractivity contribution < 1.29 is 4.79 Å². The maximum absolute atomic E-state index is 11.5. The van der Waals surface area contributed by atoms with Crippen LogP contribution in [0.3, 0.4) is 0 Å². The molecule has 1 atom stereocenters. The Morgan fingerprint density at radius 3 is 2.50 bits per heavy atom. The molecule has 0 rings (SSSR count). The van der Waals surface area contributed by atoms with E-state index in [-0.39, 0.29) is 10.7 Å². The predicted molar refractivity (Wildman–Crippen MR) is 55.4 cm³/mol. The van der Waals surface area contributed by atoms with Gasteiger partial charge >= 0.3 is 0 Å². The molecule has 0 aromatic rings. The predicted octanol–water partition coefficient (Wildman–Crippen LogP) is 2.05. The maximum atomic E-state index is 11.5. The number of nitrogens with zero attached hydrogens (tertiary/aromatic N) is 1. The number of carbonyl (C=O) groups excluding carboxylic acids is 1. The normalized spacial score (nSPS) is 12.8. The average Bonchev–Trinajstić information content (AvgIpc) is 2.02. The van der Waals surface area contributed by atoms with Crippen molar-refractivity contribution in [2.45, 2.75) is 18.7 Å². The summed E-state index contributed by atoms with van der Waals surface area (Å²) in [6, 6.07) is 0. The van der Waals surface area contributed by atoms with Crippen molar-refractivity contribution in [1.29, 1.82) is 0 Å². The number of carbonyl (C=O) groups is 1. The number of rotatable bonds is 4. The topological polar surface area (TPSA) is 20.3 Å². The Kier molecular flexibility index (Phi) is 5.22. The molecular formula is C9H16BrNO. The summed E-state index contributed by atoms with van der Waals surface area (Å²) in [5, 5.41) is 0. The van der Waals surface area contributed by atoms with Gasteiger partial charge in [0.25, 0.3) is 0 Å². The molecule has 0 saturated heterocycles. The van der Waals surface area contributed by atoms with Gasteiger partial charge < -0.3 is 4.90 Å². The number of hydrogen-bond acceptors (Lipinski definition) is 1. The van der Waals surface area contributed by atoms with Gasteiger partial charge in [-0.25, -0.2) is 0 Å². The lowest BCUT2D eigenvalue weighted by molar-refractivity contribution is -0.129. The summed E-state index contributed by atoms with van der Waals surface area (Å²) in [7, 11) is 1.78. The van der Waals surface area contributed by atoms with Gasteiger partial charge in [-0.1, -0.05) is 35.9 Å². The summed E-state index contributed by atoms with van der Waals surface area (Å²) >= 11 is 3.35. The van der Waals surface area contributed by atoms with Gasteiger partial charge in [0.1, 0.15) is 0 Å². The molecule has 0 aromatic carbocycles. The van der Waals surface area contributed by atoms with E-state index in [9.17, 15) is 4.79 Å².